The average molecular weight is 180 g/mol. The van der Waals surface area contributed by atoms with Gasteiger partial charge in [-0.2, -0.15) is 0 Å². The fourth-order valence-corrected chi connectivity index (χ4v) is 1.22. The van der Waals surface area contributed by atoms with Gasteiger partial charge < -0.3 is 0 Å². The van der Waals surface area contributed by atoms with Crippen molar-refractivity contribution in [2.24, 2.45) is 0 Å². The minimum Gasteiger partial charge on any atom is -0.274 e. The zero-order valence-electron chi connectivity index (χ0n) is 6.48. The van der Waals surface area contributed by atoms with Crippen LogP contribution in [0.2, 0.25) is 0 Å². The van der Waals surface area contributed by atoms with Crippen molar-refractivity contribution in [3.8, 4) is 0 Å². The van der Waals surface area contributed by atoms with Crippen LogP contribution >= 0.6 is 0 Å². The highest BCUT2D eigenvalue weighted by Gasteiger charge is 2.40. The first kappa shape index (κ1) is 7.66. The van der Waals surface area contributed by atoms with Gasteiger partial charge in [0.05, 0.1) is 4.76 Å². The number of nitrogens with zero attached hydrogens (tertiary/aromatic N) is 1. The van der Waals surface area contributed by atoms with Crippen molar-refractivity contribution in [3.05, 3.63) is 28.8 Å². The first-order chi connectivity index (χ1) is 6.18. The third-order valence-electron chi connectivity index (χ3n) is 1.81. The smallest absolute Gasteiger partial charge is 0.274 e. The van der Waals surface area contributed by atoms with Gasteiger partial charge in [0.25, 0.3) is 5.91 Å². The first-order valence-corrected chi connectivity index (χ1v) is 3.64. The summed E-state index contributed by atoms with van der Waals surface area (Å²) in [6.45, 7) is 0. The lowest BCUT2D eigenvalue weighted by Crippen LogP contribution is -2.57. The number of fused-ring (bicyclic) bond motifs is 1. The van der Waals surface area contributed by atoms with Crippen LogP contribution in [0.3, 0.4) is 0 Å². The number of nitrogens with one attached hydrogen (secondary N) is 2. The molecule has 2 heterocycles. The molecule has 2 aliphatic heterocycles. The number of urea groups is 1. The number of amides is 3. The van der Waals surface area contributed by atoms with Crippen molar-refractivity contribution in [1.29, 1.82) is 0 Å². The highest BCUT2D eigenvalue weighted by Crippen LogP contribution is 2.12. The molecular weight excluding hydrogens is 174 g/mol. The lowest BCUT2D eigenvalue weighted by atomic mass is 10.1. The van der Waals surface area contributed by atoms with Crippen molar-refractivity contribution < 1.29 is 14.3 Å². The van der Waals surface area contributed by atoms with Gasteiger partial charge in [-0.1, -0.05) is 0 Å². The second-order valence-electron chi connectivity index (χ2n) is 2.65. The molecule has 2 aliphatic rings. The Morgan fingerprint density at radius 1 is 1.38 bits per heavy atom. The summed E-state index contributed by atoms with van der Waals surface area (Å²) in [7, 11) is 0. The monoisotopic (exact) mass is 180 g/mol. The molecule has 0 aromatic heterocycles. The van der Waals surface area contributed by atoms with Crippen LogP contribution in [0.4, 0.5) is 4.79 Å². The third kappa shape index (κ3) is 1.12. The van der Waals surface area contributed by atoms with Crippen LogP contribution in [0.5, 0.6) is 0 Å². The van der Waals surface area contributed by atoms with Gasteiger partial charge in [-0.15, -0.1) is 0 Å². The summed E-state index contributed by atoms with van der Waals surface area (Å²) in [5, 5.41) is 4.36. The van der Waals surface area contributed by atoms with Crippen molar-refractivity contribution in [2.45, 2.75) is 6.17 Å². The Kier molecular flexibility index (Phi) is 1.48. The van der Waals surface area contributed by atoms with E-state index in [2.05, 4.69) is 5.32 Å². The standard InChI is InChI=1S/C7H5N3O3/c11-6-4-2-1-3-10(13)5(4)8-7(12)9-6/h1-3,5H,(H-,8,9,11,12)/p+1. The fourth-order valence-electron chi connectivity index (χ4n) is 1.22. The Labute approximate surface area is 72.9 Å². The highest BCUT2D eigenvalue weighted by atomic mass is 16.3. The van der Waals surface area contributed by atoms with Gasteiger partial charge in [-0.25, -0.2) is 4.79 Å². The number of nitroso groups, excluding NO2 is 1. The van der Waals surface area contributed by atoms with Crippen LogP contribution in [0, 0.1) is 4.91 Å². The normalized spacial score (nSPS) is 26.0. The van der Waals surface area contributed by atoms with E-state index < -0.39 is 18.1 Å². The lowest BCUT2D eigenvalue weighted by molar-refractivity contribution is -0.516. The maximum absolute atomic E-state index is 11.1. The molecule has 1 atom stereocenters. The number of rotatable bonds is 0. The van der Waals surface area contributed by atoms with Gasteiger partial charge in [-0.05, 0) is 6.08 Å². The maximum Gasteiger partial charge on any atom is 0.327 e. The number of hydrogen-bond donors (Lipinski definition) is 2. The van der Waals surface area contributed by atoms with Crippen molar-refractivity contribution in [1.82, 2.24) is 10.6 Å². The predicted molar refractivity (Wildman–Crippen MR) is 41.3 cm³/mol. The Morgan fingerprint density at radius 3 is 2.92 bits per heavy atom. The van der Waals surface area contributed by atoms with Crippen LogP contribution < -0.4 is 10.6 Å². The molecule has 1 fully saturated rings. The van der Waals surface area contributed by atoms with Crippen molar-refractivity contribution in [3.63, 3.8) is 0 Å². The Bertz CT molecular complexity index is 369. The topological polar surface area (TPSA) is 78.3 Å². The molecule has 0 aromatic carbocycles. The average Bonchev–Trinajstić information content (AvgIpc) is 2.07. The molecule has 66 valence electrons. The molecule has 2 N–H and O–H groups in total. The van der Waals surface area contributed by atoms with Gasteiger partial charge >= 0.3 is 12.2 Å². The first-order valence-electron chi connectivity index (χ1n) is 3.64. The Morgan fingerprint density at radius 2 is 2.15 bits per heavy atom. The minimum absolute atomic E-state index is 0.247. The number of carbonyl (C=O) groups is 2. The number of carbonyl (C=O) groups excluding carboxylic acids is 2. The van der Waals surface area contributed by atoms with Gasteiger partial charge in [0.15, 0.2) is 0 Å². The second kappa shape index (κ2) is 2.51. The van der Waals surface area contributed by atoms with Gasteiger partial charge in [-0.3, -0.25) is 15.4 Å². The molecule has 0 saturated carbocycles. The van der Waals surface area contributed by atoms with Crippen molar-refractivity contribution in [2.75, 3.05) is 0 Å². The summed E-state index contributed by atoms with van der Waals surface area (Å²) in [4.78, 5) is 33.1. The fraction of sp³-hybridized carbons (Fsp3) is 0.143. The second-order valence-corrected chi connectivity index (χ2v) is 2.65. The number of allylic oxidation sites excluding steroid dienone is 2. The van der Waals surface area contributed by atoms with Gasteiger partial charge in [0.2, 0.25) is 6.20 Å². The van der Waals surface area contributed by atoms with E-state index in [0.717, 1.165) is 0 Å². The molecule has 3 amide bonds. The van der Waals surface area contributed by atoms with Crippen LogP contribution in [-0.2, 0) is 4.79 Å². The zero-order valence-corrected chi connectivity index (χ0v) is 6.48. The molecule has 2 rings (SSSR count). The van der Waals surface area contributed by atoms with Crippen LogP contribution in [0.1, 0.15) is 0 Å². The summed E-state index contributed by atoms with van der Waals surface area (Å²) in [6, 6.07) is -0.650. The van der Waals surface area contributed by atoms with Gasteiger partial charge in [0, 0.05) is 11.0 Å². The summed E-state index contributed by atoms with van der Waals surface area (Å²) in [6.07, 6.45) is 3.31. The van der Waals surface area contributed by atoms with E-state index in [1.807, 2.05) is 5.32 Å². The molecular formula is C7H6N3O3+. The Hall–Kier alpha value is -1.98. The molecule has 0 aliphatic carbocycles. The molecule has 0 bridgehead atoms. The molecule has 1 saturated heterocycles. The van der Waals surface area contributed by atoms with E-state index in [0.29, 0.717) is 4.76 Å². The van der Waals surface area contributed by atoms with E-state index in [-0.39, 0.29) is 5.57 Å². The summed E-state index contributed by atoms with van der Waals surface area (Å²) < 4.78 is 0.520. The van der Waals surface area contributed by atoms with Gasteiger partial charge in [0.1, 0.15) is 5.57 Å². The predicted octanol–water partition coefficient (Wildman–Crippen LogP) is -0.616. The van der Waals surface area contributed by atoms with Crippen LogP contribution in [0.25, 0.3) is 0 Å². The van der Waals surface area contributed by atoms with E-state index in [1.165, 1.54) is 18.4 Å². The summed E-state index contributed by atoms with van der Waals surface area (Å²) >= 11 is 0. The number of imide groups is 1. The Balaban J connectivity index is 2.39. The summed E-state index contributed by atoms with van der Waals surface area (Å²) in [5.74, 6) is -0.529. The lowest BCUT2D eigenvalue weighted by Gasteiger charge is -2.19. The molecule has 6 nitrogen and oxygen atoms in total. The van der Waals surface area contributed by atoms with Crippen LogP contribution in [0.15, 0.2) is 23.9 Å². The largest absolute Gasteiger partial charge is 0.327 e. The highest BCUT2D eigenvalue weighted by molar-refractivity contribution is 6.07. The molecule has 6 heteroatoms. The van der Waals surface area contributed by atoms with E-state index in [1.54, 1.807) is 0 Å². The van der Waals surface area contributed by atoms with E-state index in [4.69, 9.17) is 0 Å². The SMILES string of the molecule is O=C1NC(=O)C2=CC=C[N+](=O)C2N1. The molecule has 13 heavy (non-hydrogen) atoms. The van der Waals surface area contributed by atoms with Crippen LogP contribution in [-0.4, -0.2) is 22.9 Å². The van der Waals surface area contributed by atoms with Crippen molar-refractivity contribution >= 4 is 11.9 Å². The third-order valence-corrected chi connectivity index (χ3v) is 1.81. The quantitative estimate of drug-likeness (QED) is 0.488. The minimum atomic E-state index is -0.883. The molecule has 1 unspecified atom stereocenters. The molecule has 0 radical (unpaired) electrons. The zero-order chi connectivity index (χ0) is 9.42. The maximum atomic E-state index is 11.1. The summed E-state index contributed by atoms with van der Waals surface area (Å²) in [5.41, 5.74) is 0.247. The number of hydrogen-bond acceptors (Lipinski definition) is 3. The molecule has 0 aromatic rings. The molecule has 0 spiro atoms. The van der Waals surface area contributed by atoms with E-state index in [9.17, 15) is 14.5 Å². The van der Waals surface area contributed by atoms with E-state index >= 15 is 0 Å².